The maximum Gasteiger partial charge on any atom is 0.276 e. The van der Waals surface area contributed by atoms with Gasteiger partial charge >= 0.3 is 0 Å². The van der Waals surface area contributed by atoms with Gasteiger partial charge in [-0.1, -0.05) is 34.1 Å². The van der Waals surface area contributed by atoms with Crippen LogP contribution in [0.25, 0.3) is 0 Å². The number of anilines is 1. The van der Waals surface area contributed by atoms with Crippen LogP contribution >= 0.6 is 38.5 Å². The lowest BCUT2D eigenvalue weighted by atomic mass is 10.0. The summed E-state index contributed by atoms with van der Waals surface area (Å²) in [6, 6.07) is 20.0. The van der Waals surface area contributed by atoms with Crippen LogP contribution in [0.2, 0.25) is 0 Å². The zero-order chi connectivity index (χ0) is 22.0. The van der Waals surface area contributed by atoms with Gasteiger partial charge in [-0.05, 0) is 78.0 Å². The van der Waals surface area contributed by atoms with E-state index in [9.17, 15) is 9.59 Å². The molecule has 0 aromatic heterocycles. The van der Waals surface area contributed by atoms with Crippen molar-refractivity contribution in [1.82, 2.24) is 10.4 Å². The highest BCUT2D eigenvalue weighted by atomic mass is 127. The van der Waals surface area contributed by atoms with Gasteiger partial charge in [0.25, 0.3) is 11.8 Å². The van der Waals surface area contributed by atoms with Crippen molar-refractivity contribution in [2.45, 2.75) is 13.1 Å². The number of carbonyl (C=O) groups is 2. The molecule has 1 aliphatic heterocycles. The van der Waals surface area contributed by atoms with E-state index in [1.807, 2.05) is 43.3 Å². The molecule has 0 fully saturated rings. The van der Waals surface area contributed by atoms with Crippen molar-refractivity contribution in [3.63, 3.8) is 0 Å². The molecule has 8 heteroatoms. The quantitative estimate of drug-likeness (QED) is 0.392. The first kappa shape index (κ1) is 21.6. The van der Waals surface area contributed by atoms with Crippen molar-refractivity contribution in [2.75, 3.05) is 11.9 Å². The molecule has 31 heavy (non-hydrogen) atoms. The van der Waals surface area contributed by atoms with Crippen LogP contribution in [-0.4, -0.2) is 23.4 Å². The molecule has 1 atom stereocenters. The fraction of sp³-hybridized carbons (Fsp3) is 0.130. The van der Waals surface area contributed by atoms with E-state index >= 15 is 0 Å². The van der Waals surface area contributed by atoms with Gasteiger partial charge in [0.2, 0.25) is 0 Å². The molecular formula is C23H19BrIN3O3. The molecule has 1 aliphatic rings. The largest absolute Gasteiger partial charge is 0.493 e. The first-order valence-corrected chi connectivity index (χ1v) is 11.5. The molecule has 4 rings (SSSR count). The average Bonchev–Trinajstić information content (AvgIpc) is 2.78. The Balaban J connectivity index is 1.79. The number of halogens is 2. The number of amides is 2. The molecule has 6 nitrogen and oxygen atoms in total. The Morgan fingerprint density at radius 1 is 1.16 bits per heavy atom. The molecule has 2 amide bonds. The van der Waals surface area contributed by atoms with Gasteiger partial charge < -0.3 is 10.1 Å². The molecule has 2 N–H and O–H groups in total. The fourth-order valence-corrected chi connectivity index (χ4v) is 4.26. The van der Waals surface area contributed by atoms with Gasteiger partial charge in [-0.3, -0.25) is 15.0 Å². The highest BCUT2D eigenvalue weighted by Crippen LogP contribution is 2.37. The topological polar surface area (TPSA) is 70.7 Å². The Morgan fingerprint density at radius 3 is 2.68 bits per heavy atom. The molecular weight excluding hydrogens is 573 g/mol. The highest BCUT2D eigenvalue weighted by Gasteiger charge is 2.36. The fourth-order valence-electron chi connectivity index (χ4n) is 3.39. The predicted molar refractivity (Wildman–Crippen MR) is 131 cm³/mol. The van der Waals surface area contributed by atoms with Gasteiger partial charge in [0, 0.05) is 24.9 Å². The predicted octanol–water partition coefficient (Wildman–Crippen LogP) is 5.36. The van der Waals surface area contributed by atoms with Crippen LogP contribution in [0.4, 0.5) is 5.69 Å². The number of nitrogens with zero attached hydrogens (tertiary/aromatic N) is 1. The van der Waals surface area contributed by atoms with Crippen molar-refractivity contribution in [3.05, 3.63) is 91.5 Å². The zero-order valence-corrected chi connectivity index (χ0v) is 20.3. The zero-order valence-electron chi connectivity index (χ0n) is 16.6. The number of fused-ring (bicyclic) bond motifs is 1. The second-order valence-electron chi connectivity index (χ2n) is 6.83. The molecule has 0 spiro atoms. The summed E-state index contributed by atoms with van der Waals surface area (Å²) < 4.78 is 7.58. The van der Waals surface area contributed by atoms with E-state index in [2.05, 4.69) is 49.3 Å². The highest BCUT2D eigenvalue weighted by molar-refractivity contribution is 14.1. The number of hydrogen-bond donors (Lipinski definition) is 2. The molecule has 0 bridgehead atoms. The van der Waals surface area contributed by atoms with Gasteiger partial charge in [-0.2, -0.15) is 0 Å². The van der Waals surface area contributed by atoms with E-state index in [0.29, 0.717) is 29.2 Å². The Morgan fingerprint density at radius 2 is 1.94 bits per heavy atom. The van der Waals surface area contributed by atoms with Crippen LogP contribution in [0.15, 0.2) is 71.2 Å². The lowest BCUT2D eigenvalue weighted by Crippen LogP contribution is -2.53. The van der Waals surface area contributed by atoms with Crippen LogP contribution < -0.4 is 15.5 Å². The molecule has 0 radical (unpaired) electrons. The summed E-state index contributed by atoms with van der Waals surface area (Å²) in [4.78, 5) is 26.4. The van der Waals surface area contributed by atoms with Crippen molar-refractivity contribution < 1.29 is 14.3 Å². The summed E-state index contributed by atoms with van der Waals surface area (Å²) >= 11 is 5.67. The van der Waals surface area contributed by atoms with Crippen molar-refractivity contribution in [1.29, 1.82) is 0 Å². The second-order valence-corrected chi connectivity index (χ2v) is 9.00. The maximum atomic E-state index is 13.5. The summed E-state index contributed by atoms with van der Waals surface area (Å²) in [6.07, 6.45) is -0.660. The molecule has 158 valence electrons. The summed E-state index contributed by atoms with van der Waals surface area (Å²) in [5.41, 5.74) is 5.16. The molecule has 1 heterocycles. The van der Waals surface area contributed by atoms with Crippen LogP contribution in [0.1, 0.15) is 39.4 Å². The van der Waals surface area contributed by atoms with Gasteiger partial charge in [0.15, 0.2) is 6.17 Å². The Labute approximate surface area is 202 Å². The number of ether oxygens (including phenoxy) is 1. The third kappa shape index (κ3) is 4.54. The number of nitrogens with one attached hydrogen (secondary N) is 2. The number of benzene rings is 3. The Kier molecular flexibility index (Phi) is 6.47. The number of hydrogen-bond acceptors (Lipinski definition) is 4. The number of hydrazine groups is 1. The Bertz CT molecular complexity index is 1140. The number of rotatable bonds is 5. The van der Waals surface area contributed by atoms with Crippen molar-refractivity contribution in [3.8, 4) is 5.75 Å². The van der Waals surface area contributed by atoms with Crippen LogP contribution in [0.3, 0.4) is 0 Å². The minimum absolute atomic E-state index is 0.302. The third-order valence-electron chi connectivity index (χ3n) is 4.81. The number of carbonyl (C=O) groups excluding carboxylic acids is 2. The van der Waals surface area contributed by atoms with Crippen molar-refractivity contribution in [2.24, 2.45) is 0 Å². The van der Waals surface area contributed by atoms with Gasteiger partial charge in [-0.15, -0.1) is 0 Å². The average molecular weight is 592 g/mol. The normalized spacial score (nSPS) is 15.1. The van der Waals surface area contributed by atoms with E-state index in [4.69, 9.17) is 4.74 Å². The van der Waals surface area contributed by atoms with Gasteiger partial charge in [0.1, 0.15) is 5.75 Å². The van der Waals surface area contributed by atoms with Crippen LogP contribution in [-0.2, 0) is 0 Å². The van der Waals surface area contributed by atoms with E-state index in [0.717, 1.165) is 13.6 Å². The van der Waals surface area contributed by atoms with Gasteiger partial charge in [0.05, 0.1) is 12.2 Å². The summed E-state index contributed by atoms with van der Waals surface area (Å²) in [5.74, 6) is -0.0457. The minimum atomic E-state index is -0.660. The first-order chi connectivity index (χ1) is 15.0. The second kappa shape index (κ2) is 9.27. The molecule has 0 saturated heterocycles. The lowest BCUT2D eigenvalue weighted by molar-refractivity contribution is 0.0488. The van der Waals surface area contributed by atoms with Crippen LogP contribution in [0.5, 0.6) is 5.75 Å². The Hall–Kier alpha value is -2.59. The maximum absolute atomic E-state index is 13.5. The molecule has 3 aromatic carbocycles. The summed E-state index contributed by atoms with van der Waals surface area (Å²) in [6.45, 7) is 2.37. The molecule has 1 unspecified atom stereocenters. The molecule has 3 aromatic rings. The first-order valence-electron chi connectivity index (χ1n) is 9.66. The summed E-state index contributed by atoms with van der Waals surface area (Å²) in [7, 11) is 0. The molecule has 0 aliphatic carbocycles. The van der Waals surface area contributed by atoms with Gasteiger partial charge in [-0.25, -0.2) is 5.01 Å². The van der Waals surface area contributed by atoms with E-state index in [1.54, 1.807) is 30.3 Å². The smallest absolute Gasteiger partial charge is 0.276 e. The van der Waals surface area contributed by atoms with Crippen molar-refractivity contribution >= 4 is 56.0 Å². The third-order valence-corrected chi connectivity index (χ3v) is 5.97. The summed E-state index contributed by atoms with van der Waals surface area (Å²) in [5, 5.41) is 4.72. The van der Waals surface area contributed by atoms with Crippen LogP contribution in [0, 0.1) is 3.57 Å². The SMILES string of the molecule is CCOc1ccc(Br)cc1C1Nc2ccc(I)cc2C(=O)N1NC(=O)c1ccccc1. The lowest BCUT2D eigenvalue weighted by Gasteiger charge is -2.38. The van der Waals surface area contributed by atoms with E-state index in [-0.39, 0.29) is 11.8 Å². The minimum Gasteiger partial charge on any atom is -0.493 e. The monoisotopic (exact) mass is 591 g/mol. The molecule has 0 saturated carbocycles. The standard InChI is InChI=1S/C23H19BrIN3O3/c1-2-31-20-11-8-15(24)12-18(20)21-26-19-10-9-16(25)13-17(19)23(30)28(21)27-22(29)14-6-4-3-5-7-14/h3-13,21,26H,2H2,1H3,(H,27,29). The van der Waals surface area contributed by atoms with E-state index in [1.165, 1.54) is 5.01 Å². The van der Waals surface area contributed by atoms with E-state index < -0.39 is 6.17 Å².